The average molecular weight is 428 g/mol. The maximum Gasteiger partial charge on any atom is 0.144 e. The predicted octanol–water partition coefficient (Wildman–Crippen LogP) is 7.90. The van der Waals surface area contributed by atoms with Gasteiger partial charge in [-0.05, 0) is 58.4 Å². The maximum atomic E-state index is 9.79. The number of nitrogens with zero attached hydrogens (tertiary/aromatic N) is 3. The number of aromatic nitrogens is 2. The summed E-state index contributed by atoms with van der Waals surface area (Å²) in [5.74, 6) is 2.11. The fourth-order valence-corrected chi connectivity index (χ4v) is 4.33. The topological polar surface area (TPSA) is 41.6 Å². The van der Waals surface area contributed by atoms with Crippen molar-refractivity contribution in [3.8, 4) is 23.1 Å². The summed E-state index contributed by atoms with van der Waals surface area (Å²) in [6.07, 6.45) is 3.95. The summed E-state index contributed by atoms with van der Waals surface area (Å²) in [5.41, 5.74) is 7.79. The molecule has 0 aliphatic heterocycles. The van der Waals surface area contributed by atoms with Gasteiger partial charge in [-0.25, -0.2) is 4.98 Å². The molecule has 1 aromatic heterocycles. The van der Waals surface area contributed by atoms with Gasteiger partial charge in [-0.2, -0.15) is 5.26 Å². The van der Waals surface area contributed by atoms with E-state index >= 15 is 0 Å². The molecule has 0 fully saturated rings. The highest BCUT2D eigenvalue weighted by atomic mass is 15.1. The van der Waals surface area contributed by atoms with Crippen LogP contribution < -0.4 is 0 Å². The Morgan fingerprint density at radius 3 is 2.06 bits per heavy atom. The lowest BCUT2D eigenvalue weighted by molar-refractivity contribution is 0.373. The zero-order chi connectivity index (χ0) is 23.8. The molecule has 0 unspecified atom stereocenters. The number of hydrogen-bond donors (Lipinski definition) is 0. The molecule has 1 heterocycles. The summed E-state index contributed by atoms with van der Waals surface area (Å²) < 4.78 is 2.25. The Morgan fingerprint density at radius 2 is 1.56 bits per heavy atom. The molecular weight excluding hydrogens is 390 g/mol. The first-order valence-electron chi connectivity index (χ1n) is 11.7. The van der Waals surface area contributed by atoms with Crippen LogP contribution in [-0.4, -0.2) is 9.55 Å². The number of nitriles is 1. The molecule has 0 bridgehead atoms. The summed E-state index contributed by atoms with van der Waals surface area (Å²) in [6.45, 7) is 20.1. The second kappa shape index (κ2) is 8.94. The second-order valence-electron chi connectivity index (χ2n) is 10.4. The van der Waals surface area contributed by atoms with Crippen LogP contribution in [0.3, 0.4) is 0 Å². The molecule has 0 saturated carbocycles. The van der Waals surface area contributed by atoms with Crippen molar-refractivity contribution in [1.82, 2.24) is 9.55 Å². The summed E-state index contributed by atoms with van der Waals surface area (Å²) >= 11 is 0. The standard InChI is InChI=1S/C29H37N3/c1-18(2)23-11-10-12-24(19(3)4)27(23)32-14-13-31-28(32)25-16-22(17-30)21(7)15-26(25)29(8,9)20(5)6/h10-16,18-20H,1-9H3. The largest absolute Gasteiger partial charge is 0.299 e. The smallest absolute Gasteiger partial charge is 0.144 e. The van der Waals surface area contributed by atoms with Gasteiger partial charge in [-0.1, -0.05) is 79.7 Å². The lowest BCUT2D eigenvalue weighted by atomic mass is 9.72. The van der Waals surface area contributed by atoms with Crippen LogP contribution >= 0.6 is 0 Å². The van der Waals surface area contributed by atoms with Crippen molar-refractivity contribution in [3.05, 3.63) is 70.5 Å². The first-order chi connectivity index (χ1) is 15.0. The van der Waals surface area contributed by atoms with Crippen LogP contribution in [0.5, 0.6) is 0 Å². The third kappa shape index (κ3) is 4.11. The third-order valence-electron chi connectivity index (χ3n) is 7.09. The highest BCUT2D eigenvalue weighted by Gasteiger charge is 2.30. The van der Waals surface area contributed by atoms with Crippen LogP contribution in [0.1, 0.15) is 95.0 Å². The van der Waals surface area contributed by atoms with Gasteiger partial charge in [0.05, 0.1) is 17.3 Å². The Hall–Kier alpha value is -2.86. The van der Waals surface area contributed by atoms with E-state index in [9.17, 15) is 5.26 Å². The predicted molar refractivity (Wildman–Crippen MR) is 134 cm³/mol. The van der Waals surface area contributed by atoms with E-state index in [1.165, 1.54) is 22.4 Å². The Bertz CT molecular complexity index is 1130. The SMILES string of the molecule is Cc1cc(C(C)(C)C(C)C)c(-c2nccn2-c2c(C(C)C)cccc2C(C)C)cc1C#N. The van der Waals surface area contributed by atoms with Gasteiger partial charge in [0.1, 0.15) is 5.82 Å². The highest BCUT2D eigenvalue weighted by molar-refractivity contribution is 5.70. The van der Waals surface area contributed by atoms with Crippen LogP contribution in [0.4, 0.5) is 0 Å². The fraction of sp³-hybridized carbons (Fsp3) is 0.448. The molecule has 0 aliphatic carbocycles. The molecule has 0 N–H and O–H groups in total. The van der Waals surface area contributed by atoms with E-state index in [2.05, 4.69) is 96.5 Å². The molecule has 3 rings (SSSR count). The molecule has 32 heavy (non-hydrogen) atoms. The molecule has 0 aliphatic rings. The van der Waals surface area contributed by atoms with Crippen molar-refractivity contribution in [2.45, 2.75) is 79.6 Å². The van der Waals surface area contributed by atoms with E-state index in [1.807, 2.05) is 19.2 Å². The monoisotopic (exact) mass is 427 g/mol. The van der Waals surface area contributed by atoms with Crippen LogP contribution in [0, 0.1) is 24.2 Å². The van der Waals surface area contributed by atoms with Gasteiger partial charge >= 0.3 is 0 Å². The van der Waals surface area contributed by atoms with Gasteiger partial charge in [-0.3, -0.25) is 4.57 Å². The molecule has 3 heteroatoms. The van der Waals surface area contributed by atoms with E-state index in [0.717, 1.165) is 17.0 Å². The first kappa shape index (κ1) is 23.8. The Morgan fingerprint density at radius 1 is 0.969 bits per heavy atom. The molecule has 3 nitrogen and oxygen atoms in total. The Labute approximate surface area is 194 Å². The summed E-state index contributed by atoms with van der Waals surface area (Å²) in [7, 11) is 0. The van der Waals surface area contributed by atoms with Gasteiger partial charge < -0.3 is 0 Å². The van der Waals surface area contributed by atoms with Crippen molar-refractivity contribution in [2.24, 2.45) is 5.92 Å². The van der Waals surface area contributed by atoms with Gasteiger partial charge in [-0.15, -0.1) is 0 Å². The van der Waals surface area contributed by atoms with Crippen LogP contribution in [0.25, 0.3) is 17.1 Å². The Kier molecular flexibility index (Phi) is 6.65. The van der Waals surface area contributed by atoms with Crippen molar-refractivity contribution in [2.75, 3.05) is 0 Å². The number of imidazole rings is 1. The maximum absolute atomic E-state index is 9.79. The zero-order valence-corrected chi connectivity index (χ0v) is 21.1. The average Bonchev–Trinajstić information content (AvgIpc) is 3.21. The van der Waals surface area contributed by atoms with Crippen LogP contribution in [0.15, 0.2) is 42.7 Å². The fourth-order valence-electron chi connectivity index (χ4n) is 4.33. The molecule has 0 atom stereocenters. The van der Waals surface area contributed by atoms with Gasteiger partial charge in [0.2, 0.25) is 0 Å². The molecule has 168 valence electrons. The number of aryl methyl sites for hydroxylation is 1. The molecule has 2 aromatic carbocycles. The highest BCUT2D eigenvalue weighted by Crippen LogP contribution is 2.41. The second-order valence-corrected chi connectivity index (χ2v) is 10.4. The van der Waals surface area contributed by atoms with E-state index in [0.29, 0.717) is 23.3 Å². The number of benzene rings is 2. The molecule has 0 saturated heterocycles. The van der Waals surface area contributed by atoms with E-state index < -0.39 is 0 Å². The molecule has 3 aromatic rings. The third-order valence-corrected chi connectivity index (χ3v) is 7.09. The number of hydrogen-bond acceptors (Lipinski definition) is 2. The minimum Gasteiger partial charge on any atom is -0.299 e. The quantitative estimate of drug-likeness (QED) is 0.401. The lowest BCUT2D eigenvalue weighted by Crippen LogP contribution is -2.26. The molecule has 0 spiro atoms. The van der Waals surface area contributed by atoms with Crippen molar-refractivity contribution < 1.29 is 0 Å². The number of rotatable bonds is 6. The van der Waals surface area contributed by atoms with E-state index in [-0.39, 0.29) is 5.41 Å². The summed E-state index contributed by atoms with van der Waals surface area (Å²) in [5, 5.41) is 9.79. The minimum atomic E-state index is -0.0662. The summed E-state index contributed by atoms with van der Waals surface area (Å²) in [4.78, 5) is 4.86. The summed E-state index contributed by atoms with van der Waals surface area (Å²) in [6, 6.07) is 13.2. The van der Waals surface area contributed by atoms with E-state index in [4.69, 9.17) is 4.98 Å². The zero-order valence-electron chi connectivity index (χ0n) is 21.1. The molecule has 0 amide bonds. The minimum absolute atomic E-state index is 0.0662. The van der Waals surface area contributed by atoms with E-state index in [1.54, 1.807) is 0 Å². The van der Waals surface area contributed by atoms with Gasteiger partial charge in [0, 0.05) is 18.0 Å². The van der Waals surface area contributed by atoms with Crippen molar-refractivity contribution in [1.29, 1.82) is 5.26 Å². The molecule has 0 radical (unpaired) electrons. The Balaban J connectivity index is 2.40. The van der Waals surface area contributed by atoms with Gasteiger partial charge in [0.15, 0.2) is 0 Å². The van der Waals surface area contributed by atoms with Crippen molar-refractivity contribution >= 4 is 0 Å². The lowest BCUT2D eigenvalue weighted by Gasteiger charge is -2.33. The first-order valence-corrected chi connectivity index (χ1v) is 11.7. The van der Waals surface area contributed by atoms with Crippen molar-refractivity contribution in [3.63, 3.8) is 0 Å². The van der Waals surface area contributed by atoms with Crippen LogP contribution in [0.2, 0.25) is 0 Å². The molecular formula is C29H37N3. The van der Waals surface area contributed by atoms with Gasteiger partial charge in [0.25, 0.3) is 0 Å². The normalized spacial score (nSPS) is 12.1. The number of para-hydroxylation sites is 1. The van der Waals surface area contributed by atoms with Crippen LogP contribution in [-0.2, 0) is 5.41 Å².